The molecule has 0 aromatic heterocycles. The first-order chi connectivity index (χ1) is 13.4. The van der Waals surface area contributed by atoms with E-state index in [9.17, 15) is 18.2 Å². The van der Waals surface area contributed by atoms with Crippen LogP contribution in [0.25, 0.3) is 0 Å². The Morgan fingerprint density at radius 1 is 1.10 bits per heavy atom. The first kappa shape index (κ1) is 20.0. The Morgan fingerprint density at radius 3 is 2.52 bits per heavy atom. The van der Waals surface area contributed by atoms with Crippen LogP contribution in [0.3, 0.4) is 0 Å². The van der Waals surface area contributed by atoms with Crippen LogP contribution < -0.4 is 5.46 Å². The lowest BCUT2D eigenvalue weighted by molar-refractivity contribution is -0.137. The fraction of sp³-hybridized carbons (Fsp3) is 0.381. The number of hydrogen-bond acceptors (Lipinski definition) is 4. The standard InChI is InChI=1S/C21H21BF3NO3/c1-12-7-14(10-15(8-12)21(23,24)25)20(4)11-18(26-29-20)13-5-6-17-16(9-13)19(2,3)28-22(17)27/h5-10,27H,11H2,1-4H3. The highest BCUT2D eigenvalue weighted by molar-refractivity contribution is 6.62. The van der Waals surface area contributed by atoms with Gasteiger partial charge in [-0.15, -0.1) is 0 Å². The Labute approximate surface area is 167 Å². The summed E-state index contributed by atoms with van der Waals surface area (Å²) in [5.41, 5.74) is 1.60. The van der Waals surface area contributed by atoms with E-state index >= 15 is 0 Å². The molecule has 0 spiro atoms. The van der Waals surface area contributed by atoms with Gasteiger partial charge in [0.25, 0.3) is 0 Å². The number of fused-ring (bicyclic) bond motifs is 1. The van der Waals surface area contributed by atoms with Gasteiger partial charge in [-0.3, -0.25) is 0 Å². The molecule has 1 N–H and O–H groups in total. The van der Waals surface area contributed by atoms with Crippen LogP contribution in [0.2, 0.25) is 0 Å². The molecule has 29 heavy (non-hydrogen) atoms. The number of halogens is 3. The van der Waals surface area contributed by atoms with Crippen molar-refractivity contribution in [2.75, 3.05) is 0 Å². The second kappa shape index (κ2) is 6.34. The van der Waals surface area contributed by atoms with Crippen molar-refractivity contribution in [1.82, 2.24) is 0 Å². The van der Waals surface area contributed by atoms with Gasteiger partial charge in [-0.25, -0.2) is 0 Å². The summed E-state index contributed by atoms with van der Waals surface area (Å²) in [5, 5.41) is 14.2. The predicted molar refractivity (Wildman–Crippen MR) is 104 cm³/mol. The van der Waals surface area contributed by atoms with Crippen molar-refractivity contribution in [2.45, 2.75) is 51.5 Å². The summed E-state index contributed by atoms with van der Waals surface area (Å²) < 4.78 is 45.3. The average Bonchev–Trinajstić information content (AvgIpc) is 3.12. The van der Waals surface area contributed by atoms with Crippen LogP contribution in [0.1, 0.15) is 55.0 Å². The first-order valence-electron chi connectivity index (χ1n) is 9.34. The molecular formula is C21H21BF3NO3. The zero-order valence-corrected chi connectivity index (χ0v) is 16.6. The van der Waals surface area contributed by atoms with Gasteiger partial charge in [-0.1, -0.05) is 28.9 Å². The Morgan fingerprint density at radius 2 is 1.83 bits per heavy atom. The van der Waals surface area contributed by atoms with E-state index in [0.717, 1.165) is 23.3 Å². The highest BCUT2D eigenvalue weighted by Crippen LogP contribution is 2.40. The minimum absolute atomic E-state index is 0.330. The van der Waals surface area contributed by atoms with E-state index in [2.05, 4.69) is 5.16 Å². The van der Waals surface area contributed by atoms with Crippen LogP contribution in [-0.2, 0) is 26.9 Å². The molecule has 0 saturated heterocycles. The third kappa shape index (κ3) is 3.44. The van der Waals surface area contributed by atoms with E-state index in [1.165, 1.54) is 0 Å². The van der Waals surface area contributed by atoms with Gasteiger partial charge in [0.2, 0.25) is 0 Å². The molecule has 0 aliphatic carbocycles. The quantitative estimate of drug-likeness (QED) is 0.772. The number of nitrogens with zero attached hydrogens (tertiary/aromatic N) is 1. The summed E-state index contributed by atoms with van der Waals surface area (Å²) in [6, 6.07) is 9.45. The van der Waals surface area contributed by atoms with E-state index in [1.54, 1.807) is 26.0 Å². The molecule has 8 heteroatoms. The van der Waals surface area contributed by atoms with Gasteiger partial charge in [-0.05, 0) is 68.0 Å². The van der Waals surface area contributed by atoms with Crippen molar-refractivity contribution in [2.24, 2.45) is 5.16 Å². The molecule has 1 unspecified atom stereocenters. The Balaban J connectivity index is 1.65. The average molecular weight is 403 g/mol. The smallest absolute Gasteiger partial charge is 0.423 e. The molecule has 1 atom stereocenters. The van der Waals surface area contributed by atoms with Crippen molar-refractivity contribution in [3.8, 4) is 0 Å². The number of oxime groups is 1. The molecule has 0 bridgehead atoms. The van der Waals surface area contributed by atoms with E-state index in [4.69, 9.17) is 9.49 Å². The second-order valence-electron chi connectivity index (χ2n) is 8.40. The minimum atomic E-state index is -4.42. The summed E-state index contributed by atoms with van der Waals surface area (Å²) in [6.45, 7) is 7.11. The molecule has 0 fully saturated rings. The van der Waals surface area contributed by atoms with Crippen molar-refractivity contribution < 1.29 is 27.7 Å². The number of benzene rings is 2. The van der Waals surface area contributed by atoms with Crippen LogP contribution in [0, 0.1) is 6.92 Å². The number of hydrogen-bond donors (Lipinski definition) is 1. The van der Waals surface area contributed by atoms with Gasteiger partial charge in [0.1, 0.15) is 0 Å². The van der Waals surface area contributed by atoms with Gasteiger partial charge in [0.05, 0.1) is 16.9 Å². The molecule has 0 saturated carbocycles. The normalized spacial score (nSPS) is 23.0. The maximum absolute atomic E-state index is 13.2. The summed E-state index contributed by atoms with van der Waals surface area (Å²) in [4.78, 5) is 5.65. The number of aryl methyl sites for hydroxylation is 1. The molecule has 2 heterocycles. The molecule has 2 aromatic carbocycles. The van der Waals surface area contributed by atoms with E-state index in [-0.39, 0.29) is 0 Å². The zero-order chi connectivity index (χ0) is 21.2. The monoisotopic (exact) mass is 403 g/mol. The van der Waals surface area contributed by atoms with E-state index < -0.39 is 30.1 Å². The van der Waals surface area contributed by atoms with Gasteiger partial charge < -0.3 is 14.5 Å². The highest BCUT2D eigenvalue weighted by Gasteiger charge is 2.42. The summed E-state index contributed by atoms with van der Waals surface area (Å²) >= 11 is 0. The molecule has 4 rings (SSSR count). The largest absolute Gasteiger partial charge is 0.492 e. The summed E-state index contributed by atoms with van der Waals surface area (Å²) in [5.74, 6) is 0. The topological polar surface area (TPSA) is 51.0 Å². The van der Waals surface area contributed by atoms with Crippen LogP contribution in [0.15, 0.2) is 41.6 Å². The fourth-order valence-electron chi connectivity index (χ4n) is 3.98. The van der Waals surface area contributed by atoms with Crippen LogP contribution in [-0.4, -0.2) is 17.9 Å². The number of rotatable bonds is 2. The molecule has 152 valence electrons. The predicted octanol–water partition coefficient (Wildman–Crippen LogP) is 4.01. The van der Waals surface area contributed by atoms with Crippen LogP contribution in [0.4, 0.5) is 13.2 Å². The maximum Gasteiger partial charge on any atom is 0.492 e. The van der Waals surface area contributed by atoms with Crippen molar-refractivity contribution in [3.63, 3.8) is 0 Å². The molecule has 2 aliphatic heterocycles. The Hall–Kier alpha value is -2.32. The lowest BCUT2D eigenvalue weighted by atomic mass is 9.77. The van der Waals surface area contributed by atoms with Gasteiger partial charge in [0, 0.05) is 6.42 Å². The van der Waals surface area contributed by atoms with E-state index in [1.807, 2.05) is 26.0 Å². The molecule has 2 aromatic rings. The third-order valence-corrected chi connectivity index (χ3v) is 5.58. The Kier molecular flexibility index (Phi) is 4.37. The maximum atomic E-state index is 13.2. The molecule has 0 amide bonds. The third-order valence-electron chi connectivity index (χ3n) is 5.58. The summed E-state index contributed by atoms with van der Waals surface area (Å²) in [6.07, 6.45) is -4.10. The van der Waals surface area contributed by atoms with Crippen LogP contribution >= 0.6 is 0 Å². The lowest BCUT2D eigenvalue weighted by Crippen LogP contribution is -2.28. The van der Waals surface area contributed by atoms with E-state index in [0.29, 0.717) is 28.7 Å². The van der Waals surface area contributed by atoms with Crippen LogP contribution in [0.5, 0.6) is 0 Å². The SMILES string of the molecule is Cc1cc(C(F)(F)F)cc(C2(C)CC(c3ccc4c(c3)C(C)(C)OB4O)=NO2)c1. The summed E-state index contributed by atoms with van der Waals surface area (Å²) in [7, 11) is -0.978. The molecule has 4 nitrogen and oxygen atoms in total. The lowest BCUT2D eigenvalue weighted by Gasteiger charge is -2.24. The van der Waals surface area contributed by atoms with Gasteiger partial charge >= 0.3 is 13.3 Å². The second-order valence-corrected chi connectivity index (χ2v) is 8.40. The number of alkyl halides is 3. The highest BCUT2D eigenvalue weighted by atomic mass is 19.4. The molecule has 2 aliphatic rings. The molecular weight excluding hydrogens is 382 g/mol. The minimum Gasteiger partial charge on any atom is -0.423 e. The van der Waals surface area contributed by atoms with Crippen molar-refractivity contribution in [1.29, 1.82) is 0 Å². The molecule has 0 radical (unpaired) electrons. The zero-order valence-electron chi connectivity index (χ0n) is 16.6. The van der Waals surface area contributed by atoms with Gasteiger partial charge in [0.15, 0.2) is 5.60 Å². The van der Waals surface area contributed by atoms with Gasteiger partial charge in [-0.2, -0.15) is 13.2 Å². The Bertz CT molecular complexity index is 1020. The first-order valence-corrected chi connectivity index (χ1v) is 9.34. The fourth-order valence-corrected chi connectivity index (χ4v) is 3.98. The van der Waals surface area contributed by atoms with Crippen molar-refractivity contribution >= 4 is 18.3 Å². The van der Waals surface area contributed by atoms with Crippen molar-refractivity contribution in [3.05, 3.63) is 64.2 Å².